The highest BCUT2D eigenvalue weighted by Crippen LogP contribution is 2.48. The average molecular weight is 617 g/mol. The number of hydrogen-bond donors (Lipinski definition) is 0. The van der Waals surface area contributed by atoms with Gasteiger partial charge in [0.05, 0.1) is 49.6 Å². The van der Waals surface area contributed by atoms with Crippen LogP contribution in [0.1, 0.15) is 5.56 Å². The second kappa shape index (κ2) is 8.35. The smallest absolute Gasteiger partial charge is 0.416 e. The van der Waals surface area contributed by atoms with Crippen LogP contribution in [0.3, 0.4) is 0 Å². The summed E-state index contributed by atoms with van der Waals surface area (Å²) in [4.78, 5) is 10.2. The molecule has 0 atom stereocenters. The molecule has 0 radical (unpaired) electrons. The normalized spacial score (nSPS) is 13.0. The summed E-state index contributed by atoms with van der Waals surface area (Å²) in [6.07, 6.45) is -4.45. The van der Waals surface area contributed by atoms with Gasteiger partial charge in [0.25, 0.3) is 0 Å². The minimum absolute atomic E-state index is 0.491. The van der Waals surface area contributed by atoms with E-state index < -0.39 is 11.7 Å². The molecule has 0 spiro atoms. The Hall–Kier alpha value is -6.15. The average Bonchev–Trinajstić information content (AvgIpc) is 3.71. The Morgan fingerprint density at radius 1 is 0.532 bits per heavy atom. The zero-order valence-corrected chi connectivity index (χ0v) is 24.3. The van der Waals surface area contributed by atoms with Gasteiger partial charge in [0.15, 0.2) is 5.82 Å². The highest BCUT2D eigenvalue weighted by molar-refractivity contribution is 6.37. The number of fused-ring (bicyclic) bond motifs is 5. The van der Waals surface area contributed by atoms with Crippen molar-refractivity contribution in [2.75, 3.05) is 0 Å². The SMILES string of the molecule is FC(F)(F)c1ccc(-c2nc3ccccc3nc2-n2c3ccc4oc5ccc6c7ccccc7n7c8cccc2c8c3c4c5c67)cc1. The van der Waals surface area contributed by atoms with Crippen molar-refractivity contribution in [1.82, 2.24) is 18.9 Å². The van der Waals surface area contributed by atoms with Gasteiger partial charge in [0.1, 0.15) is 16.9 Å². The molecule has 47 heavy (non-hydrogen) atoms. The Bertz CT molecular complexity index is 3060. The molecule has 0 fully saturated rings. The van der Waals surface area contributed by atoms with Crippen molar-refractivity contribution in [2.45, 2.75) is 6.18 Å². The minimum atomic E-state index is -4.45. The van der Waals surface area contributed by atoms with Crippen LogP contribution in [-0.2, 0) is 6.18 Å². The van der Waals surface area contributed by atoms with Crippen LogP contribution < -0.4 is 0 Å². The number of hydrogen-bond acceptors (Lipinski definition) is 3. The number of para-hydroxylation sites is 3. The van der Waals surface area contributed by atoms with E-state index >= 15 is 0 Å². The summed E-state index contributed by atoms with van der Waals surface area (Å²) >= 11 is 0. The fraction of sp³-hybridized carbons (Fsp3) is 0.0256. The van der Waals surface area contributed by atoms with E-state index in [2.05, 4.69) is 63.6 Å². The van der Waals surface area contributed by atoms with Crippen molar-refractivity contribution < 1.29 is 17.6 Å². The number of halogens is 3. The van der Waals surface area contributed by atoms with Crippen LogP contribution in [-0.4, -0.2) is 18.9 Å². The fourth-order valence-corrected chi connectivity index (χ4v) is 7.75. The second-order valence-corrected chi connectivity index (χ2v) is 12.1. The summed E-state index contributed by atoms with van der Waals surface area (Å²) in [6, 6.07) is 35.7. The van der Waals surface area contributed by atoms with E-state index in [9.17, 15) is 13.2 Å². The van der Waals surface area contributed by atoms with Gasteiger partial charge in [0, 0.05) is 32.5 Å². The van der Waals surface area contributed by atoms with E-state index in [0.717, 1.165) is 83.2 Å². The molecule has 0 amide bonds. The lowest BCUT2D eigenvalue weighted by atomic mass is 10.0. The Balaban J connectivity index is 1.36. The molecule has 11 rings (SSSR count). The van der Waals surface area contributed by atoms with Gasteiger partial charge in [-0.25, -0.2) is 9.97 Å². The highest BCUT2D eigenvalue weighted by atomic mass is 19.4. The third-order valence-corrected chi connectivity index (χ3v) is 9.66. The number of aromatic nitrogens is 4. The minimum Gasteiger partial charge on any atom is -0.456 e. The lowest BCUT2D eigenvalue weighted by Crippen LogP contribution is -2.06. The number of benzene rings is 6. The van der Waals surface area contributed by atoms with Crippen LogP contribution in [0.4, 0.5) is 13.2 Å². The number of rotatable bonds is 2. The van der Waals surface area contributed by atoms with Crippen LogP contribution in [0.15, 0.2) is 120 Å². The van der Waals surface area contributed by atoms with Crippen molar-refractivity contribution in [3.05, 3.63) is 121 Å². The first-order valence-corrected chi connectivity index (χ1v) is 15.3. The van der Waals surface area contributed by atoms with Crippen LogP contribution in [0, 0.1) is 0 Å². The number of nitrogens with zero attached hydrogens (tertiary/aromatic N) is 4. The first kappa shape index (κ1) is 25.1. The van der Waals surface area contributed by atoms with E-state index in [0.29, 0.717) is 28.1 Å². The van der Waals surface area contributed by atoms with Gasteiger partial charge in [-0.05, 0) is 66.7 Å². The van der Waals surface area contributed by atoms with Gasteiger partial charge in [-0.2, -0.15) is 13.2 Å². The van der Waals surface area contributed by atoms with Gasteiger partial charge in [-0.15, -0.1) is 0 Å². The third-order valence-electron chi connectivity index (χ3n) is 9.66. The first-order valence-electron chi connectivity index (χ1n) is 15.3. The summed E-state index contributed by atoms with van der Waals surface area (Å²) in [6.45, 7) is 0. The predicted molar refractivity (Wildman–Crippen MR) is 180 cm³/mol. The van der Waals surface area contributed by atoms with Gasteiger partial charge in [-0.1, -0.05) is 48.5 Å². The molecule has 5 nitrogen and oxygen atoms in total. The first-order chi connectivity index (χ1) is 23.0. The van der Waals surface area contributed by atoms with E-state index in [4.69, 9.17) is 14.4 Å². The van der Waals surface area contributed by atoms with Gasteiger partial charge >= 0.3 is 6.18 Å². The molecule has 5 aromatic heterocycles. The molecule has 0 aliphatic carbocycles. The quantitative estimate of drug-likeness (QED) is 0.194. The fourth-order valence-electron chi connectivity index (χ4n) is 7.75. The van der Waals surface area contributed by atoms with Crippen molar-refractivity contribution >= 4 is 82.1 Å². The van der Waals surface area contributed by atoms with Gasteiger partial charge < -0.3 is 8.82 Å². The molecule has 0 saturated carbocycles. The molecule has 222 valence electrons. The molecule has 0 unspecified atom stereocenters. The largest absolute Gasteiger partial charge is 0.456 e. The number of furan rings is 1. The third kappa shape index (κ3) is 3.09. The predicted octanol–water partition coefficient (Wildman–Crippen LogP) is 10.7. The molecule has 0 aliphatic heterocycles. The summed E-state index contributed by atoms with van der Waals surface area (Å²) in [5, 5.41) is 6.50. The lowest BCUT2D eigenvalue weighted by molar-refractivity contribution is -0.137. The van der Waals surface area contributed by atoms with Gasteiger partial charge in [0.2, 0.25) is 0 Å². The molecule has 11 aromatic rings. The summed E-state index contributed by atoms with van der Waals surface area (Å²) in [5.41, 5.74) is 8.34. The summed E-state index contributed by atoms with van der Waals surface area (Å²) in [7, 11) is 0. The Morgan fingerprint density at radius 2 is 1.21 bits per heavy atom. The lowest BCUT2D eigenvalue weighted by Gasteiger charge is -2.14. The molecule has 0 aliphatic rings. The Labute approximate surface area is 262 Å². The summed E-state index contributed by atoms with van der Waals surface area (Å²) < 4.78 is 51.6. The molecule has 6 aromatic carbocycles. The van der Waals surface area contributed by atoms with Crippen LogP contribution in [0.5, 0.6) is 0 Å². The van der Waals surface area contributed by atoms with E-state index in [-0.39, 0.29) is 0 Å². The zero-order valence-electron chi connectivity index (χ0n) is 24.3. The maximum Gasteiger partial charge on any atom is 0.416 e. The zero-order chi connectivity index (χ0) is 31.2. The highest BCUT2D eigenvalue weighted by Gasteiger charge is 2.31. The van der Waals surface area contributed by atoms with Crippen molar-refractivity contribution in [3.63, 3.8) is 0 Å². The van der Waals surface area contributed by atoms with E-state index in [1.807, 2.05) is 36.4 Å². The van der Waals surface area contributed by atoms with E-state index in [1.54, 1.807) is 0 Å². The van der Waals surface area contributed by atoms with Crippen LogP contribution in [0.2, 0.25) is 0 Å². The Kier molecular flexibility index (Phi) is 4.46. The van der Waals surface area contributed by atoms with Crippen molar-refractivity contribution in [1.29, 1.82) is 0 Å². The Morgan fingerprint density at radius 3 is 2.04 bits per heavy atom. The van der Waals surface area contributed by atoms with Gasteiger partial charge in [-0.3, -0.25) is 4.57 Å². The van der Waals surface area contributed by atoms with Crippen LogP contribution >= 0.6 is 0 Å². The molecular weight excluding hydrogens is 597 g/mol. The molecule has 0 N–H and O–H groups in total. The molecular formula is C39H19F3N4O. The van der Waals surface area contributed by atoms with Crippen LogP contribution in [0.25, 0.3) is 99.2 Å². The molecule has 0 bridgehead atoms. The molecule has 5 heterocycles. The van der Waals surface area contributed by atoms with E-state index in [1.165, 1.54) is 12.1 Å². The maximum absolute atomic E-state index is 13.6. The number of alkyl halides is 3. The van der Waals surface area contributed by atoms with Crippen molar-refractivity contribution in [2.24, 2.45) is 0 Å². The molecule has 0 saturated heterocycles. The standard InChI is InChI=1S/C39H19F3N4O/c40-39(41,42)21-14-12-20(13-15-21)36-38(44-25-8-3-2-7-24(25)43-36)46-28-11-5-10-27-32(28)33-29(46)17-19-30-34(33)35-31(47-30)18-16-23-22-6-1-4-9-26(22)45(27)37(23)35/h1-19H. The molecule has 8 heteroatoms. The van der Waals surface area contributed by atoms with Crippen molar-refractivity contribution in [3.8, 4) is 17.1 Å². The topological polar surface area (TPSA) is 48.3 Å². The monoisotopic (exact) mass is 616 g/mol. The second-order valence-electron chi connectivity index (χ2n) is 12.1. The summed E-state index contributed by atoms with van der Waals surface area (Å²) in [5.74, 6) is 0.538. The maximum atomic E-state index is 13.6.